The summed E-state index contributed by atoms with van der Waals surface area (Å²) >= 11 is 0. The molecule has 2 atom stereocenters. The second-order valence-corrected chi connectivity index (χ2v) is 4.80. The summed E-state index contributed by atoms with van der Waals surface area (Å²) in [6.45, 7) is 2.26. The fraction of sp³-hybridized carbons (Fsp3) is 0.538. The number of nitrogens with zero attached hydrogens (tertiary/aromatic N) is 1. The quantitative estimate of drug-likeness (QED) is 0.770. The maximum absolute atomic E-state index is 12.3. The molecule has 0 aliphatic carbocycles. The van der Waals surface area contributed by atoms with E-state index in [1.165, 1.54) is 4.90 Å². The molecular weight excluding hydrogens is 227 g/mol. The minimum absolute atomic E-state index is 0.221. The van der Waals surface area contributed by atoms with E-state index in [2.05, 4.69) is 0 Å². The lowest BCUT2D eigenvalue weighted by Crippen LogP contribution is -2.32. The molecule has 1 aliphatic heterocycles. The van der Waals surface area contributed by atoms with Gasteiger partial charge >= 0.3 is 6.18 Å². The van der Waals surface area contributed by atoms with Gasteiger partial charge in [-0.05, 0) is 11.5 Å². The fourth-order valence-electron chi connectivity index (χ4n) is 2.58. The van der Waals surface area contributed by atoms with E-state index in [0.717, 1.165) is 5.56 Å². The summed E-state index contributed by atoms with van der Waals surface area (Å²) in [6.07, 6.45) is -4.09. The zero-order chi connectivity index (χ0) is 12.5. The van der Waals surface area contributed by atoms with Gasteiger partial charge in [-0.15, -0.1) is 0 Å². The van der Waals surface area contributed by atoms with Crippen LogP contribution in [0.2, 0.25) is 0 Å². The molecule has 1 aromatic carbocycles. The highest BCUT2D eigenvalue weighted by Gasteiger charge is 2.37. The second kappa shape index (κ2) is 4.69. The maximum atomic E-state index is 12.3. The monoisotopic (exact) mass is 243 g/mol. The summed E-state index contributed by atoms with van der Waals surface area (Å²) in [5.41, 5.74) is 1.14. The van der Waals surface area contributed by atoms with E-state index in [1.807, 2.05) is 37.3 Å². The highest BCUT2D eigenvalue weighted by Crippen LogP contribution is 2.33. The van der Waals surface area contributed by atoms with Gasteiger partial charge in [0.2, 0.25) is 0 Å². The molecule has 1 aliphatic rings. The zero-order valence-corrected chi connectivity index (χ0v) is 9.74. The average molecular weight is 243 g/mol. The Morgan fingerprint density at radius 3 is 2.41 bits per heavy atom. The minimum Gasteiger partial charge on any atom is -0.294 e. The molecule has 4 heteroatoms. The largest absolute Gasteiger partial charge is 0.401 e. The first-order chi connectivity index (χ1) is 7.96. The summed E-state index contributed by atoms with van der Waals surface area (Å²) in [4.78, 5) is 1.50. The lowest BCUT2D eigenvalue weighted by Gasteiger charge is -2.17. The topological polar surface area (TPSA) is 3.24 Å². The van der Waals surface area contributed by atoms with Gasteiger partial charge in [0.1, 0.15) is 0 Å². The van der Waals surface area contributed by atoms with Crippen LogP contribution in [0, 0.1) is 5.92 Å². The molecule has 0 aromatic heterocycles. The molecule has 2 unspecified atom stereocenters. The molecule has 1 saturated heterocycles. The minimum atomic E-state index is -4.09. The lowest BCUT2D eigenvalue weighted by molar-refractivity contribution is -0.143. The molecule has 1 fully saturated rings. The van der Waals surface area contributed by atoms with Crippen molar-refractivity contribution in [3.05, 3.63) is 35.9 Å². The predicted molar refractivity (Wildman–Crippen MR) is 60.8 cm³/mol. The average Bonchev–Trinajstić information content (AvgIpc) is 2.58. The molecule has 17 heavy (non-hydrogen) atoms. The normalized spacial score (nSPS) is 26.4. The zero-order valence-electron chi connectivity index (χ0n) is 9.74. The van der Waals surface area contributed by atoms with Crippen molar-refractivity contribution in [3.8, 4) is 0 Å². The molecular formula is C13H16F3N. The van der Waals surface area contributed by atoms with Crippen molar-refractivity contribution in [2.24, 2.45) is 5.92 Å². The van der Waals surface area contributed by atoms with Crippen LogP contribution in [0.25, 0.3) is 0 Å². The third-order valence-electron chi connectivity index (χ3n) is 3.32. The van der Waals surface area contributed by atoms with Crippen molar-refractivity contribution >= 4 is 0 Å². The standard InChI is InChI=1S/C13H16F3N/c1-10-7-17(9-13(14,15)16)8-12(10)11-5-3-2-4-6-11/h2-6,10,12H,7-9H2,1H3. The third kappa shape index (κ3) is 3.22. The number of hydrogen-bond acceptors (Lipinski definition) is 1. The fourth-order valence-corrected chi connectivity index (χ4v) is 2.58. The van der Waals surface area contributed by atoms with Gasteiger partial charge in [0.15, 0.2) is 0 Å². The number of rotatable bonds is 2. The summed E-state index contributed by atoms with van der Waals surface area (Å²) in [5.74, 6) is 0.498. The molecule has 0 amide bonds. The molecule has 0 saturated carbocycles. The molecule has 2 rings (SSSR count). The highest BCUT2D eigenvalue weighted by molar-refractivity contribution is 5.22. The van der Waals surface area contributed by atoms with Gasteiger partial charge in [-0.2, -0.15) is 13.2 Å². The van der Waals surface area contributed by atoms with Gasteiger partial charge in [0.05, 0.1) is 6.54 Å². The van der Waals surface area contributed by atoms with Gasteiger partial charge in [0.25, 0.3) is 0 Å². The number of halogens is 3. The maximum Gasteiger partial charge on any atom is 0.401 e. The Bertz CT molecular complexity index is 361. The van der Waals surface area contributed by atoms with E-state index in [0.29, 0.717) is 13.1 Å². The van der Waals surface area contributed by atoms with Crippen molar-refractivity contribution in [1.82, 2.24) is 4.90 Å². The summed E-state index contributed by atoms with van der Waals surface area (Å²) in [6, 6.07) is 9.80. The van der Waals surface area contributed by atoms with Gasteiger partial charge in [-0.25, -0.2) is 0 Å². The Morgan fingerprint density at radius 2 is 1.82 bits per heavy atom. The highest BCUT2D eigenvalue weighted by atomic mass is 19.4. The summed E-state index contributed by atoms with van der Waals surface area (Å²) in [5, 5.41) is 0. The van der Waals surface area contributed by atoms with E-state index < -0.39 is 12.7 Å². The van der Waals surface area contributed by atoms with Crippen LogP contribution in [0.3, 0.4) is 0 Å². The first kappa shape index (κ1) is 12.4. The van der Waals surface area contributed by atoms with E-state index >= 15 is 0 Å². The van der Waals surface area contributed by atoms with Crippen molar-refractivity contribution in [2.75, 3.05) is 19.6 Å². The molecule has 1 aromatic rings. The Balaban J connectivity index is 2.03. The Kier molecular flexibility index (Phi) is 3.43. The Labute approximate surface area is 99.2 Å². The van der Waals surface area contributed by atoms with E-state index in [1.54, 1.807) is 0 Å². The van der Waals surface area contributed by atoms with Crippen LogP contribution in [0.1, 0.15) is 18.4 Å². The summed E-state index contributed by atoms with van der Waals surface area (Å²) < 4.78 is 37.0. The SMILES string of the molecule is CC1CN(CC(F)(F)F)CC1c1ccccc1. The number of hydrogen-bond donors (Lipinski definition) is 0. The number of alkyl halides is 3. The Morgan fingerprint density at radius 1 is 1.18 bits per heavy atom. The molecule has 0 bridgehead atoms. The van der Waals surface area contributed by atoms with Crippen LogP contribution in [0.5, 0.6) is 0 Å². The smallest absolute Gasteiger partial charge is 0.294 e. The van der Waals surface area contributed by atoms with Gasteiger partial charge < -0.3 is 0 Å². The van der Waals surface area contributed by atoms with Gasteiger partial charge in [-0.3, -0.25) is 4.90 Å². The van der Waals surface area contributed by atoms with Crippen molar-refractivity contribution in [1.29, 1.82) is 0 Å². The van der Waals surface area contributed by atoms with Crippen molar-refractivity contribution in [3.63, 3.8) is 0 Å². The molecule has 1 heterocycles. The van der Waals surface area contributed by atoms with Crippen LogP contribution < -0.4 is 0 Å². The summed E-state index contributed by atoms with van der Waals surface area (Å²) in [7, 11) is 0. The van der Waals surface area contributed by atoms with Crippen molar-refractivity contribution < 1.29 is 13.2 Å². The van der Waals surface area contributed by atoms with Crippen LogP contribution in [0.15, 0.2) is 30.3 Å². The van der Waals surface area contributed by atoms with Gasteiger partial charge in [-0.1, -0.05) is 37.3 Å². The Hall–Kier alpha value is -1.03. The molecule has 1 nitrogen and oxygen atoms in total. The van der Waals surface area contributed by atoms with E-state index in [9.17, 15) is 13.2 Å². The lowest BCUT2D eigenvalue weighted by atomic mass is 9.90. The molecule has 0 radical (unpaired) electrons. The van der Waals surface area contributed by atoms with Crippen LogP contribution >= 0.6 is 0 Å². The molecule has 94 valence electrons. The first-order valence-corrected chi connectivity index (χ1v) is 5.80. The van der Waals surface area contributed by atoms with Crippen LogP contribution in [-0.2, 0) is 0 Å². The molecule has 0 N–H and O–H groups in total. The second-order valence-electron chi connectivity index (χ2n) is 4.80. The van der Waals surface area contributed by atoms with E-state index in [-0.39, 0.29) is 11.8 Å². The first-order valence-electron chi connectivity index (χ1n) is 5.80. The van der Waals surface area contributed by atoms with Crippen LogP contribution in [0.4, 0.5) is 13.2 Å². The molecule has 0 spiro atoms. The van der Waals surface area contributed by atoms with E-state index in [4.69, 9.17) is 0 Å². The van der Waals surface area contributed by atoms with Gasteiger partial charge in [0, 0.05) is 19.0 Å². The third-order valence-corrected chi connectivity index (χ3v) is 3.32. The van der Waals surface area contributed by atoms with Crippen LogP contribution in [-0.4, -0.2) is 30.7 Å². The predicted octanol–water partition coefficient (Wildman–Crippen LogP) is 3.28. The van der Waals surface area contributed by atoms with Crippen molar-refractivity contribution in [2.45, 2.75) is 19.0 Å². The number of likely N-dealkylation sites (tertiary alicyclic amines) is 1. The number of benzene rings is 1.